The SMILES string of the molecule is COc1cc(OCCNC(C)c2ccccc2)cc(OC)c1OC. The van der Waals surface area contributed by atoms with E-state index in [1.165, 1.54) is 5.56 Å². The van der Waals surface area contributed by atoms with Crippen LogP contribution in [0.25, 0.3) is 0 Å². The van der Waals surface area contributed by atoms with Crippen molar-refractivity contribution < 1.29 is 18.9 Å². The van der Waals surface area contributed by atoms with Crippen molar-refractivity contribution in [3.8, 4) is 23.0 Å². The van der Waals surface area contributed by atoms with Gasteiger partial charge in [0.05, 0.1) is 21.3 Å². The van der Waals surface area contributed by atoms with Crippen molar-refractivity contribution in [3.05, 3.63) is 48.0 Å². The Hall–Kier alpha value is -2.40. The molecule has 0 aromatic heterocycles. The molecule has 24 heavy (non-hydrogen) atoms. The van der Waals surface area contributed by atoms with E-state index >= 15 is 0 Å². The van der Waals surface area contributed by atoms with E-state index < -0.39 is 0 Å². The first kappa shape index (κ1) is 17.9. The summed E-state index contributed by atoms with van der Waals surface area (Å²) in [4.78, 5) is 0. The third-order valence-corrected chi connectivity index (χ3v) is 3.76. The smallest absolute Gasteiger partial charge is 0.203 e. The fraction of sp³-hybridized carbons (Fsp3) is 0.368. The maximum atomic E-state index is 5.80. The highest BCUT2D eigenvalue weighted by molar-refractivity contribution is 5.55. The van der Waals surface area contributed by atoms with Crippen molar-refractivity contribution in [1.29, 1.82) is 0 Å². The largest absolute Gasteiger partial charge is 0.493 e. The molecule has 2 rings (SSSR count). The second kappa shape index (κ2) is 9.03. The van der Waals surface area contributed by atoms with Gasteiger partial charge in [0.2, 0.25) is 5.75 Å². The third-order valence-electron chi connectivity index (χ3n) is 3.76. The van der Waals surface area contributed by atoms with Crippen LogP contribution >= 0.6 is 0 Å². The van der Waals surface area contributed by atoms with E-state index in [0.717, 1.165) is 6.54 Å². The molecule has 0 heterocycles. The maximum Gasteiger partial charge on any atom is 0.203 e. The summed E-state index contributed by atoms with van der Waals surface area (Å²) in [6.45, 7) is 3.40. The van der Waals surface area contributed by atoms with Gasteiger partial charge in [-0.3, -0.25) is 0 Å². The number of hydrogen-bond donors (Lipinski definition) is 1. The fourth-order valence-electron chi connectivity index (χ4n) is 2.44. The lowest BCUT2D eigenvalue weighted by Crippen LogP contribution is -2.24. The summed E-state index contributed by atoms with van der Waals surface area (Å²) in [6, 6.07) is 14.2. The summed E-state index contributed by atoms with van der Waals surface area (Å²) in [5.41, 5.74) is 1.25. The van der Waals surface area contributed by atoms with Gasteiger partial charge in [0.1, 0.15) is 12.4 Å². The topological polar surface area (TPSA) is 49.0 Å². The van der Waals surface area contributed by atoms with Crippen LogP contribution in [0.15, 0.2) is 42.5 Å². The molecule has 1 unspecified atom stereocenters. The molecule has 0 saturated carbocycles. The summed E-state index contributed by atoms with van der Waals surface area (Å²) >= 11 is 0. The highest BCUT2D eigenvalue weighted by Crippen LogP contribution is 2.40. The molecule has 2 aromatic carbocycles. The van der Waals surface area contributed by atoms with E-state index in [9.17, 15) is 0 Å². The third kappa shape index (κ3) is 4.55. The number of benzene rings is 2. The minimum atomic E-state index is 0.273. The molecular weight excluding hydrogens is 306 g/mol. The van der Waals surface area contributed by atoms with Crippen molar-refractivity contribution >= 4 is 0 Å². The minimum Gasteiger partial charge on any atom is -0.493 e. The van der Waals surface area contributed by atoms with Crippen LogP contribution in [0.5, 0.6) is 23.0 Å². The molecule has 2 aromatic rings. The van der Waals surface area contributed by atoms with Crippen LogP contribution in [0, 0.1) is 0 Å². The number of methoxy groups -OCH3 is 3. The Kier molecular flexibility index (Phi) is 6.75. The summed E-state index contributed by atoms with van der Waals surface area (Å²) in [7, 11) is 4.75. The molecule has 0 fully saturated rings. The van der Waals surface area contributed by atoms with Gasteiger partial charge in [0, 0.05) is 24.7 Å². The number of ether oxygens (including phenoxy) is 4. The van der Waals surface area contributed by atoms with Crippen molar-refractivity contribution in [3.63, 3.8) is 0 Å². The van der Waals surface area contributed by atoms with Crippen LogP contribution in [0.2, 0.25) is 0 Å². The predicted molar refractivity (Wildman–Crippen MR) is 94.5 cm³/mol. The molecule has 0 bridgehead atoms. The number of rotatable bonds is 9. The summed E-state index contributed by atoms with van der Waals surface area (Å²) < 4.78 is 21.7. The summed E-state index contributed by atoms with van der Waals surface area (Å²) in [5.74, 6) is 2.40. The zero-order valence-corrected chi connectivity index (χ0v) is 14.7. The second-order valence-corrected chi connectivity index (χ2v) is 5.30. The van der Waals surface area contributed by atoms with Gasteiger partial charge in [-0.05, 0) is 12.5 Å². The van der Waals surface area contributed by atoms with Gasteiger partial charge in [-0.25, -0.2) is 0 Å². The Morgan fingerprint density at radius 2 is 1.54 bits per heavy atom. The molecule has 0 saturated heterocycles. The molecule has 0 spiro atoms. The molecule has 5 nitrogen and oxygen atoms in total. The Labute approximate surface area is 143 Å². The first-order valence-electron chi connectivity index (χ1n) is 7.90. The summed E-state index contributed by atoms with van der Waals surface area (Å²) in [5, 5.41) is 3.44. The van der Waals surface area contributed by atoms with Crippen molar-refractivity contribution in [2.45, 2.75) is 13.0 Å². The lowest BCUT2D eigenvalue weighted by Gasteiger charge is -2.16. The average Bonchev–Trinajstić information content (AvgIpc) is 2.64. The van der Waals surface area contributed by atoms with Crippen molar-refractivity contribution in [2.24, 2.45) is 0 Å². The highest BCUT2D eigenvalue weighted by Gasteiger charge is 2.13. The van der Waals surface area contributed by atoms with Gasteiger partial charge in [0.15, 0.2) is 11.5 Å². The molecule has 0 aliphatic rings. The molecule has 1 N–H and O–H groups in total. The Bertz CT molecular complexity index is 606. The highest BCUT2D eigenvalue weighted by atomic mass is 16.5. The Morgan fingerprint density at radius 3 is 2.08 bits per heavy atom. The minimum absolute atomic E-state index is 0.273. The van der Waals surface area contributed by atoms with E-state index in [1.54, 1.807) is 33.5 Å². The van der Waals surface area contributed by atoms with E-state index in [2.05, 4.69) is 24.4 Å². The summed E-state index contributed by atoms with van der Waals surface area (Å²) in [6.07, 6.45) is 0. The molecule has 5 heteroatoms. The predicted octanol–water partition coefficient (Wildman–Crippen LogP) is 3.44. The number of hydrogen-bond acceptors (Lipinski definition) is 5. The zero-order valence-electron chi connectivity index (χ0n) is 14.7. The number of nitrogens with one attached hydrogen (secondary N) is 1. The molecule has 0 amide bonds. The van der Waals surface area contributed by atoms with Crippen LogP contribution in [-0.2, 0) is 0 Å². The van der Waals surface area contributed by atoms with Crippen LogP contribution in [0.3, 0.4) is 0 Å². The van der Waals surface area contributed by atoms with E-state index in [0.29, 0.717) is 29.6 Å². The Balaban J connectivity index is 1.90. The lowest BCUT2D eigenvalue weighted by atomic mass is 10.1. The molecule has 0 aliphatic heterocycles. The quantitative estimate of drug-likeness (QED) is 0.713. The standard InChI is InChI=1S/C19H25NO4/c1-14(15-8-6-5-7-9-15)20-10-11-24-16-12-17(21-2)19(23-4)18(13-16)22-3/h5-9,12-14,20H,10-11H2,1-4H3. The van der Waals surface area contributed by atoms with Crippen LogP contribution in [0.4, 0.5) is 0 Å². The normalized spacial score (nSPS) is 11.7. The van der Waals surface area contributed by atoms with Gasteiger partial charge in [-0.15, -0.1) is 0 Å². The van der Waals surface area contributed by atoms with Crippen LogP contribution in [0.1, 0.15) is 18.5 Å². The second-order valence-electron chi connectivity index (χ2n) is 5.30. The van der Waals surface area contributed by atoms with Gasteiger partial charge in [-0.2, -0.15) is 0 Å². The van der Waals surface area contributed by atoms with Gasteiger partial charge < -0.3 is 24.3 Å². The van der Waals surface area contributed by atoms with Crippen LogP contribution in [-0.4, -0.2) is 34.5 Å². The Morgan fingerprint density at radius 1 is 0.917 bits per heavy atom. The van der Waals surface area contributed by atoms with E-state index in [4.69, 9.17) is 18.9 Å². The molecule has 0 aliphatic carbocycles. The van der Waals surface area contributed by atoms with E-state index in [1.807, 2.05) is 18.2 Å². The van der Waals surface area contributed by atoms with E-state index in [-0.39, 0.29) is 6.04 Å². The molecule has 130 valence electrons. The lowest BCUT2D eigenvalue weighted by molar-refractivity contribution is 0.293. The average molecular weight is 331 g/mol. The van der Waals surface area contributed by atoms with Gasteiger partial charge >= 0.3 is 0 Å². The van der Waals surface area contributed by atoms with Crippen molar-refractivity contribution in [1.82, 2.24) is 5.32 Å². The zero-order chi connectivity index (χ0) is 17.4. The van der Waals surface area contributed by atoms with Gasteiger partial charge in [0.25, 0.3) is 0 Å². The maximum absolute atomic E-state index is 5.80. The first-order chi connectivity index (χ1) is 11.7. The van der Waals surface area contributed by atoms with Gasteiger partial charge in [-0.1, -0.05) is 30.3 Å². The molecular formula is C19H25NO4. The fourth-order valence-corrected chi connectivity index (χ4v) is 2.44. The molecule has 1 atom stereocenters. The molecule has 0 radical (unpaired) electrons. The monoisotopic (exact) mass is 331 g/mol. The van der Waals surface area contributed by atoms with Crippen LogP contribution < -0.4 is 24.3 Å². The first-order valence-corrected chi connectivity index (χ1v) is 7.90. The van der Waals surface area contributed by atoms with Crippen molar-refractivity contribution in [2.75, 3.05) is 34.5 Å².